The van der Waals surface area contributed by atoms with Gasteiger partial charge < -0.3 is 20.5 Å². The van der Waals surface area contributed by atoms with E-state index in [4.69, 9.17) is 9.84 Å². The second-order valence-electron chi connectivity index (χ2n) is 3.70. The van der Waals surface area contributed by atoms with Crippen LogP contribution >= 0.6 is 0 Å². The fraction of sp³-hybridized carbons (Fsp3) is 0.273. The van der Waals surface area contributed by atoms with E-state index in [1.54, 1.807) is 18.2 Å². The lowest BCUT2D eigenvalue weighted by molar-refractivity contribution is -0.138. The number of hydrogen-bond donors (Lipinski definition) is 3. The molecule has 0 saturated carbocycles. The van der Waals surface area contributed by atoms with E-state index in [1.807, 2.05) is 0 Å². The second kappa shape index (κ2) is 4.32. The van der Waals surface area contributed by atoms with Crippen LogP contribution in [0.3, 0.4) is 0 Å². The number of carboxylic acid groups (broad SMARTS) is 1. The Balaban J connectivity index is 2.25. The molecule has 0 radical (unpaired) electrons. The molecule has 1 aliphatic heterocycles. The monoisotopic (exact) mass is 236 g/mol. The number of carboxylic acids is 1. The van der Waals surface area contributed by atoms with Gasteiger partial charge in [0.05, 0.1) is 24.9 Å². The summed E-state index contributed by atoms with van der Waals surface area (Å²) in [5.74, 6) is -0.726. The van der Waals surface area contributed by atoms with Crippen molar-refractivity contribution in [3.8, 4) is 5.75 Å². The maximum Gasteiger partial charge on any atom is 0.305 e. The molecule has 1 unspecified atom stereocenters. The number of carbonyl (C=O) groups excluding carboxylic acids is 1. The van der Waals surface area contributed by atoms with Crippen molar-refractivity contribution < 1.29 is 19.4 Å². The summed E-state index contributed by atoms with van der Waals surface area (Å²) in [5, 5.41) is 14.2. The van der Waals surface area contributed by atoms with Gasteiger partial charge in [-0.15, -0.1) is 0 Å². The Kier molecular flexibility index (Phi) is 2.86. The van der Waals surface area contributed by atoms with Gasteiger partial charge in [-0.3, -0.25) is 9.59 Å². The third-order valence-corrected chi connectivity index (χ3v) is 2.51. The third kappa shape index (κ3) is 2.30. The van der Waals surface area contributed by atoms with Crippen LogP contribution in [-0.2, 0) is 9.59 Å². The molecule has 6 heteroatoms. The number of fused-ring (bicyclic) bond motifs is 1. The first kappa shape index (κ1) is 11.3. The topological polar surface area (TPSA) is 87.7 Å². The summed E-state index contributed by atoms with van der Waals surface area (Å²) < 4.78 is 5.05. The Hall–Kier alpha value is -2.24. The molecule has 1 aromatic carbocycles. The Bertz CT molecular complexity index is 473. The molecule has 1 amide bonds. The summed E-state index contributed by atoms with van der Waals surface area (Å²) in [6, 6.07) is 4.38. The van der Waals surface area contributed by atoms with Crippen LogP contribution in [-0.4, -0.2) is 30.1 Å². The molecule has 1 heterocycles. The van der Waals surface area contributed by atoms with Gasteiger partial charge in [-0.05, 0) is 12.1 Å². The molecule has 3 N–H and O–H groups in total. The minimum absolute atomic E-state index is 0.261. The molecule has 17 heavy (non-hydrogen) atoms. The summed E-state index contributed by atoms with van der Waals surface area (Å²) in [6.45, 7) is 0. The van der Waals surface area contributed by atoms with Gasteiger partial charge >= 0.3 is 5.97 Å². The van der Waals surface area contributed by atoms with E-state index in [-0.39, 0.29) is 12.3 Å². The lowest BCUT2D eigenvalue weighted by atomic mass is 10.1. The highest BCUT2D eigenvalue weighted by atomic mass is 16.5. The first-order chi connectivity index (χ1) is 8.10. The Morgan fingerprint density at radius 3 is 2.88 bits per heavy atom. The summed E-state index contributed by atoms with van der Waals surface area (Å²) in [4.78, 5) is 22.2. The first-order valence-electron chi connectivity index (χ1n) is 5.07. The number of hydrogen-bond acceptors (Lipinski definition) is 4. The van der Waals surface area contributed by atoms with Crippen LogP contribution in [0.15, 0.2) is 18.2 Å². The van der Waals surface area contributed by atoms with E-state index >= 15 is 0 Å². The zero-order valence-corrected chi connectivity index (χ0v) is 9.19. The van der Waals surface area contributed by atoms with Crippen molar-refractivity contribution in [3.63, 3.8) is 0 Å². The van der Waals surface area contributed by atoms with Crippen LogP contribution in [0.1, 0.15) is 6.42 Å². The molecule has 0 spiro atoms. The molecule has 90 valence electrons. The highest BCUT2D eigenvalue weighted by Crippen LogP contribution is 2.31. The zero-order valence-electron chi connectivity index (χ0n) is 9.19. The number of methoxy groups -OCH3 is 1. The number of ether oxygens (including phenoxy) is 1. The molecule has 0 aromatic heterocycles. The average molecular weight is 236 g/mol. The van der Waals surface area contributed by atoms with Crippen LogP contribution in [0.25, 0.3) is 0 Å². The van der Waals surface area contributed by atoms with Gasteiger partial charge in [0.1, 0.15) is 11.8 Å². The van der Waals surface area contributed by atoms with Crippen molar-refractivity contribution in [2.45, 2.75) is 12.5 Å². The van der Waals surface area contributed by atoms with Gasteiger partial charge in [0.15, 0.2) is 0 Å². The minimum atomic E-state index is -1.02. The van der Waals surface area contributed by atoms with Crippen LogP contribution in [0.2, 0.25) is 0 Å². The van der Waals surface area contributed by atoms with Gasteiger partial charge in [-0.2, -0.15) is 0 Å². The number of aliphatic carboxylic acids is 1. The Morgan fingerprint density at radius 2 is 2.24 bits per heavy atom. The van der Waals surface area contributed by atoms with Gasteiger partial charge in [-0.25, -0.2) is 0 Å². The van der Waals surface area contributed by atoms with Crippen molar-refractivity contribution in [2.24, 2.45) is 0 Å². The number of anilines is 2. The maximum atomic E-state index is 11.6. The largest absolute Gasteiger partial charge is 0.497 e. The van der Waals surface area contributed by atoms with E-state index in [0.29, 0.717) is 17.1 Å². The molecule has 0 aliphatic carbocycles. The van der Waals surface area contributed by atoms with Crippen molar-refractivity contribution in [2.75, 3.05) is 17.7 Å². The first-order valence-corrected chi connectivity index (χ1v) is 5.07. The molecule has 1 aliphatic rings. The molecule has 1 atom stereocenters. The lowest BCUT2D eigenvalue weighted by Gasteiger charge is -2.26. The molecule has 6 nitrogen and oxygen atoms in total. The van der Waals surface area contributed by atoms with Gasteiger partial charge in [0, 0.05) is 6.07 Å². The molecular weight excluding hydrogens is 224 g/mol. The number of carbonyl (C=O) groups is 2. The fourth-order valence-electron chi connectivity index (χ4n) is 1.67. The normalized spacial score (nSPS) is 17.7. The summed E-state index contributed by atoms with van der Waals surface area (Å²) >= 11 is 0. The van der Waals surface area contributed by atoms with E-state index < -0.39 is 12.0 Å². The lowest BCUT2D eigenvalue weighted by Crippen LogP contribution is -2.40. The van der Waals surface area contributed by atoms with E-state index in [0.717, 1.165) is 0 Å². The van der Waals surface area contributed by atoms with Crippen molar-refractivity contribution in [3.05, 3.63) is 18.2 Å². The summed E-state index contributed by atoms with van der Waals surface area (Å²) in [5.41, 5.74) is 1.28. The molecule has 0 bridgehead atoms. The second-order valence-corrected chi connectivity index (χ2v) is 3.70. The standard InChI is InChI=1S/C11H12N2O4/c1-17-6-2-3-7-8(4-6)12-9(5-10(14)15)11(16)13-7/h2-4,9,12H,5H2,1H3,(H,13,16)(H,14,15). The van der Waals surface area contributed by atoms with E-state index in [9.17, 15) is 9.59 Å². The highest BCUT2D eigenvalue weighted by molar-refractivity contribution is 6.04. The number of rotatable bonds is 3. The SMILES string of the molecule is COc1ccc2c(c1)NC(CC(=O)O)C(=O)N2. The molecule has 0 fully saturated rings. The summed E-state index contributed by atoms with van der Waals surface area (Å²) in [6.07, 6.45) is -0.261. The van der Waals surface area contributed by atoms with Gasteiger partial charge in [-0.1, -0.05) is 0 Å². The van der Waals surface area contributed by atoms with E-state index in [2.05, 4.69) is 10.6 Å². The quantitative estimate of drug-likeness (QED) is 0.725. The van der Waals surface area contributed by atoms with Crippen LogP contribution in [0.4, 0.5) is 11.4 Å². The van der Waals surface area contributed by atoms with Crippen molar-refractivity contribution >= 4 is 23.3 Å². The predicted molar refractivity (Wildman–Crippen MR) is 61.3 cm³/mol. The zero-order chi connectivity index (χ0) is 12.4. The van der Waals surface area contributed by atoms with Crippen molar-refractivity contribution in [1.29, 1.82) is 0 Å². The molecular formula is C11H12N2O4. The third-order valence-electron chi connectivity index (χ3n) is 2.51. The molecule has 2 rings (SSSR count). The molecule has 0 saturated heterocycles. The highest BCUT2D eigenvalue weighted by Gasteiger charge is 2.27. The Labute approximate surface area is 97.6 Å². The number of nitrogens with one attached hydrogen (secondary N) is 2. The number of benzene rings is 1. The van der Waals surface area contributed by atoms with Crippen LogP contribution < -0.4 is 15.4 Å². The van der Waals surface area contributed by atoms with Crippen LogP contribution in [0, 0.1) is 0 Å². The average Bonchev–Trinajstić information content (AvgIpc) is 2.29. The van der Waals surface area contributed by atoms with E-state index in [1.165, 1.54) is 7.11 Å². The summed E-state index contributed by atoms with van der Waals surface area (Å²) in [7, 11) is 1.54. The van der Waals surface area contributed by atoms with Crippen LogP contribution in [0.5, 0.6) is 5.75 Å². The maximum absolute atomic E-state index is 11.6. The molecule has 1 aromatic rings. The predicted octanol–water partition coefficient (Wildman–Crippen LogP) is 0.902. The minimum Gasteiger partial charge on any atom is -0.497 e. The smallest absolute Gasteiger partial charge is 0.305 e. The van der Waals surface area contributed by atoms with Gasteiger partial charge in [0.2, 0.25) is 5.91 Å². The number of amides is 1. The fourth-order valence-corrected chi connectivity index (χ4v) is 1.67. The van der Waals surface area contributed by atoms with Crippen molar-refractivity contribution in [1.82, 2.24) is 0 Å². The van der Waals surface area contributed by atoms with Gasteiger partial charge in [0.25, 0.3) is 0 Å². The Morgan fingerprint density at radius 1 is 1.47 bits per heavy atom.